The number of sulfonamides is 1. The highest BCUT2D eigenvalue weighted by Gasteiger charge is 2.38. The molecule has 0 bridgehead atoms. The number of aromatic nitrogens is 2. The predicted octanol–water partition coefficient (Wildman–Crippen LogP) is 5.03. The van der Waals surface area contributed by atoms with Crippen LogP contribution in [0, 0.1) is 0 Å². The van der Waals surface area contributed by atoms with Crippen LogP contribution < -0.4 is 15.4 Å². The molecule has 2 aromatic heterocycles. The smallest absolute Gasteiger partial charge is 0.490 e. The lowest BCUT2D eigenvalue weighted by Crippen LogP contribution is -2.50. The van der Waals surface area contributed by atoms with Gasteiger partial charge in [-0.05, 0) is 37.8 Å². The molecule has 19 heteroatoms. The summed E-state index contributed by atoms with van der Waals surface area (Å²) in [6.07, 6.45) is -5.41. The van der Waals surface area contributed by atoms with E-state index in [0.29, 0.717) is 43.7 Å². The zero-order chi connectivity index (χ0) is 34.9. The number of rotatable bonds is 8. The summed E-state index contributed by atoms with van der Waals surface area (Å²) in [5, 5.41) is 13.4. The van der Waals surface area contributed by atoms with E-state index >= 15 is 0 Å². The van der Waals surface area contributed by atoms with Gasteiger partial charge in [0.15, 0.2) is 0 Å². The van der Waals surface area contributed by atoms with E-state index in [1.54, 1.807) is 6.07 Å². The molecule has 2 aliphatic heterocycles. The molecule has 48 heavy (non-hydrogen) atoms. The molecule has 0 atom stereocenters. The van der Waals surface area contributed by atoms with Crippen molar-refractivity contribution < 1.29 is 54.1 Å². The van der Waals surface area contributed by atoms with Gasteiger partial charge >= 0.3 is 18.3 Å². The molecule has 6 rings (SSSR count). The standard InChI is InChI=1S/C27H33F3N6O4S.C2HF3O2/c1-39-23-14-19(41(37,38)36-8-6-18(7-9-36)35-10-12-40-13-11-35)4-5-21(23)33-24-15-22(32-17-2-3-17)25-20(27(28,29)30)16-31-26(25)34-24;3-2(4,5)1(6)7/h4-5,14-18H,2-3,6-13H2,1H3,(H3,31,32,33,34);(H,6,7). The number of alkyl halides is 6. The van der Waals surface area contributed by atoms with Gasteiger partial charge in [0.1, 0.15) is 17.2 Å². The summed E-state index contributed by atoms with van der Waals surface area (Å²) in [5.41, 5.74) is 0.0662. The number of halogens is 6. The Labute approximate surface area is 271 Å². The molecule has 3 aliphatic rings. The van der Waals surface area contributed by atoms with Crippen LogP contribution in [-0.4, -0.2) is 103 Å². The van der Waals surface area contributed by atoms with Crippen molar-refractivity contribution in [3.8, 4) is 5.75 Å². The largest absolute Gasteiger partial charge is 0.495 e. The molecule has 1 aromatic carbocycles. The van der Waals surface area contributed by atoms with Crippen molar-refractivity contribution in [1.29, 1.82) is 0 Å². The highest BCUT2D eigenvalue weighted by molar-refractivity contribution is 7.89. The number of aromatic amines is 1. The van der Waals surface area contributed by atoms with E-state index < -0.39 is 33.9 Å². The lowest BCUT2D eigenvalue weighted by atomic mass is 10.0. The van der Waals surface area contributed by atoms with Gasteiger partial charge in [-0.25, -0.2) is 18.2 Å². The highest BCUT2D eigenvalue weighted by atomic mass is 32.2. The van der Waals surface area contributed by atoms with E-state index in [0.717, 1.165) is 45.0 Å². The summed E-state index contributed by atoms with van der Waals surface area (Å²) < 4.78 is 112. The van der Waals surface area contributed by atoms with E-state index in [1.807, 2.05) is 0 Å². The zero-order valence-corrected chi connectivity index (χ0v) is 26.4. The number of pyridine rings is 1. The third-order valence-electron chi connectivity index (χ3n) is 8.19. The maximum Gasteiger partial charge on any atom is 0.490 e. The molecule has 3 aromatic rings. The molecule has 3 fully saturated rings. The first-order chi connectivity index (χ1) is 22.6. The number of aliphatic carboxylic acids is 1. The molecule has 0 spiro atoms. The summed E-state index contributed by atoms with van der Waals surface area (Å²) in [6.45, 7) is 4.03. The summed E-state index contributed by atoms with van der Waals surface area (Å²) in [6, 6.07) is 6.55. The number of hydrogen-bond donors (Lipinski definition) is 4. The first-order valence-corrected chi connectivity index (χ1v) is 16.4. The number of ether oxygens (including phenoxy) is 2. The third kappa shape index (κ3) is 8.24. The zero-order valence-electron chi connectivity index (χ0n) is 25.6. The normalized spacial score (nSPS) is 18.6. The van der Waals surface area contributed by atoms with Crippen LogP contribution in [0.2, 0.25) is 0 Å². The van der Waals surface area contributed by atoms with Gasteiger partial charge in [-0.1, -0.05) is 0 Å². The lowest BCUT2D eigenvalue weighted by Gasteiger charge is -2.39. The highest BCUT2D eigenvalue weighted by Crippen LogP contribution is 2.41. The van der Waals surface area contributed by atoms with E-state index in [1.165, 1.54) is 29.6 Å². The van der Waals surface area contributed by atoms with Gasteiger partial charge in [-0.3, -0.25) is 4.90 Å². The molecule has 0 unspecified atom stereocenters. The third-order valence-corrected chi connectivity index (χ3v) is 10.1. The Balaban J connectivity index is 0.000000582. The van der Waals surface area contributed by atoms with Crippen molar-refractivity contribution in [1.82, 2.24) is 19.2 Å². The van der Waals surface area contributed by atoms with Gasteiger partial charge in [-0.15, -0.1) is 0 Å². The van der Waals surface area contributed by atoms with Gasteiger partial charge < -0.3 is 30.2 Å². The van der Waals surface area contributed by atoms with Crippen LogP contribution in [0.1, 0.15) is 31.2 Å². The number of benzene rings is 1. The average molecular weight is 709 g/mol. The lowest BCUT2D eigenvalue weighted by molar-refractivity contribution is -0.192. The second kappa shape index (κ2) is 14.0. The van der Waals surface area contributed by atoms with E-state index in [9.17, 15) is 34.8 Å². The Morgan fingerprint density at radius 1 is 1.02 bits per heavy atom. The molecule has 0 radical (unpaired) electrons. The van der Waals surface area contributed by atoms with Crippen LogP contribution in [0.25, 0.3) is 11.0 Å². The van der Waals surface area contributed by atoms with Gasteiger partial charge in [0.05, 0.1) is 41.9 Å². The van der Waals surface area contributed by atoms with Crippen LogP contribution in [0.15, 0.2) is 35.4 Å². The molecular weight excluding hydrogens is 674 g/mol. The first kappa shape index (κ1) is 35.5. The molecule has 12 nitrogen and oxygen atoms in total. The number of carbonyl (C=O) groups is 1. The minimum atomic E-state index is -5.08. The molecule has 1 saturated carbocycles. The van der Waals surface area contributed by atoms with E-state index in [2.05, 4.69) is 25.5 Å². The number of hydrogen-bond acceptors (Lipinski definition) is 9. The molecule has 0 amide bonds. The maximum absolute atomic E-state index is 13.6. The van der Waals surface area contributed by atoms with Crippen molar-refractivity contribution in [3.63, 3.8) is 0 Å². The molecule has 4 heterocycles. The topological polar surface area (TPSA) is 149 Å². The number of nitrogens with zero attached hydrogens (tertiary/aromatic N) is 3. The Morgan fingerprint density at radius 3 is 2.23 bits per heavy atom. The Morgan fingerprint density at radius 2 is 1.67 bits per heavy atom. The van der Waals surface area contributed by atoms with Gasteiger partial charge in [0.2, 0.25) is 10.0 Å². The number of morpholine rings is 1. The molecule has 4 N–H and O–H groups in total. The summed E-state index contributed by atoms with van der Waals surface area (Å²) in [4.78, 5) is 18.4. The van der Waals surface area contributed by atoms with Crippen molar-refractivity contribution in [3.05, 3.63) is 36.0 Å². The Kier molecular flexibility index (Phi) is 10.3. The average Bonchev–Trinajstić information content (AvgIpc) is 3.74. The molecular formula is C29H34F6N6O6S. The van der Waals surface area contributed by atoms with E-state index in [4.69, 9.17) is 19.4 Å². The van der Waals surface area contributed by atoms with Crippen molar-refractivity contribution in [2.24, 2.45) is 0 Å². The molecule has 264 valence electrons. The fraction of sp³-hybridized carbons (Fsp3) is 0.517. The van der Waals surface area contributed by atoms with Crippen molar-refractivity contribution >= 4 is 44.2 Å². The number of H-pyrrole nitrogens is 1. The van der Waals surface area contributed by atoms with E-state index in [-0.39, 0.29) is 33.5 Å². The second-order valence-corrected chi connectivity index (χ2v) is 13.4. The van der Waals surface area contributed by atoms with Gasteiger partial charge in [0.25, 0.3) is 0 Å². The number of methoxy groups -OCH3 is 1. The number of carboxylic acid groups (broad SMARTS) is 1. The van der Waals surface area contributed by atoms with Crippen LogP contribution in [0.5, 0.6) is 5.75 Å². The maximum atomic E-state index is 13.6. The number of anilines is 3. The van der Waals surface area contributed by atoms with Gasteiger partial charge in [-0.2, -0.15) is 30.6 Å². The van der Waals surface area contributed by atoms with Crippen LogP contribution in [0.3, 0.4) is 0 Å². The fourth-order valence-electron chi connectivity index (χ4n) is 5.60. The molecule has 2 saturated heterocycles. The quantitative estimate of drug-likeness (QED) is 0.235. The summed E-state index contributed by atoms with van der Waals surface area (Å²) in [5.74, 6) is -2.20. The minimum Gasteiger partial charge on any atom is -0.495 e. The van der Waals surface area contributed by atoms with Crippen molar-refractivity contribution in [2.75, 3.05) is 57.1 Å². The Bertz CT molecular complexity index is 1720. The number of nitrogens with one attached hydrogen (secondary N) is 3. The van der Waals surface area contributed by atoms with Gasteiger partial charge in [0, 0.05) is 62.3 Å². The number of carboxylic acids is 1. The Hall–Kier alpha value is -3.81. The number of piperidine rings is 1. The summed E-state index contributed by atoms with van der Waals surface area (Å²) >= 11 is 0. The van der Waals surface area contributed by atoms with Crippen LogP contribution >= 0.6 is 0 Å². The monoisotopic (exact) mass is 708 g/mol. The SMILES string of the molecule is COc1cc(S(=O)(=O)N2CCC(N3CCOCC3)CC2)ccc1Nc1cc(NC2CC2)c2c(C(F)(F)F)c[nH]c2n1.O=C(O)C(F)(F)F. The van der Waals surface area contributed by atoms with Crippen LogP contribution in [-0.2, 0) is 25.7 Å². The van der Waals surface area contributed by atoms with Crippen LogP contribution in [0.4, 0.5) is 43.5 Å². The second-order valence-electron chi connectivity index (χ2n) is 11.5. The first-order valence-electron chi connectivity index (χ1n) is 15.0. The predicted molar refractivity (Wildman–Crippen MR) is 162 cm³/mol. The number of fused-ring (bicyclic) bond motifs is 1. The fourth-order valence-corrected chi connectivity index (χ4v) is 7.08. The molecule has 1 aliphatic carbocycles. The minimum absolute atomic E-state index is 0.0132. The van der Waals surface area contributed by atoms with Crippen molar-refractivity contribution in [2.45, 2.75) is 55.0 Å². The summed E-state index contributed by atoms with van der Waals surface area (Å²) in [7, 11) is -2.31.